The van der Waals surface area contributed by atoms with Crippen LogP contribution in [0.3, 0.4) is 0 Å². The van der Waals surface area contributed by atoms with Crippen molar-refractivity contribution in [1.29, 1.82) is 0 Å². The number of rotatable bonds is 4. The lowest BCUT2D eigenvalue weighted by molar-refractivity contribution is 0.341. The lowest BCUT2D eigenvalue weighted by Crippen LogP contribution is -1.95. The van der Waals surface area contributed by atoms with E-state index in [0.29, 0.717) is 6.61 Å². The minimum Gasteiger partial charge on any atom is -0.486 e. The Bertz CT molecular complexity index is 281. The highest BCUT2D eigenvalue weighted by Crippen LogP contribution is 2.14. The second-order valence-corrected chi connectivity index (χ2v) is 2.54. The molecule has 1 aromatic rings. The van der Waals surface area contributed by atoms with Crippen molar-refractivity contribution < 1.29 is 9.13 Å². The van der Waals surface area contributed by atoms with Crippen molar-refractivity contribution in [3.05, 3.63) is 42.2 Å². The lowest BCUT2D eigenvalue weighted by Gasteiger charge is -2.02. The highest BCUT2D eigenvalue weighted by Gasteiger charge is 1.98. The highest BCUT2D eigenvalue weighted by atomic mass is 19.1. The fraction of sp³-hybridized carbons (Fsp3) is 0.273. The van der Waals surface area contributed by atoms with Crippen molar-refractivity contribution in [3.8, 4) is 5.75 Å². The molecule has 13 heavy (non-hydrogen) atoms. The third-order valence-electron chi connectivity index (χ3n) is 1.51. The van der Waals surface area contributed by atoms with Crippen LogP contribution in [0, 0.1) is 11.9 Å². The molecule has 1 radical (unpaired) electrons. The number of hydrogen-bond donors (Lipinski definition) is 0. The Labute approximate surface area is 77.8 Å². The maximum absolute atomic E-state index is 12.9. The van der Waals surface area contributed by atoms with Crippen LogP contribution < -0.4 is 4.74 Å². The first-order valence-electron chi connectivity index (χ1n) is 4.28. The molecule has 0 atom stereocenters. The predicted octanol–water partition coefficient (Wildman–Crippen LogP) is 2.97. The Morgan fingerprint density at radius 1 is 1.54 bits per heavy atom. The first-order chi connectivity index (χ1) is 6.34. The molecular formula is C11H12FO. The fourth-order valence-corrected chi connectivity index (χ4v) is 0.885. The van der Waals surface area contributed by atoms with Crippen molar-refractivity contribution in [2.45, 2.75) is 13.3 Å². The largest absolute Gasteiger partial charge is 0.486 e. The Morgan fingerprint density at radius 3 is 3.08 bits per heavy atom. The van der Waals surface area contributed by atoms with Crippen molar-refractivity contribution in [2.24, 2.45) is 0 Å². The Balaban J connectivity index is 2.45. The molecule has 0 spiro atoms. The summed E-state index contributed by atoms with van der Waals surface area (Å²) >= 11 is 0. The van der Waals surface area contributed by atoms with Crippen LogP contribution in [0.1, 0.15) is 13.3 Å². The van der Waals surface area contributed by atoms with E-state index in [1.165, 1.54) is 6.07 Å². The van der Waals surface area contributed by atoms with Crippen LogP contribution in [0.25, 0.3) is 0 Å². The molecule has 2 heteroatoms. The minimum atomic E-state index is -0.438. The summed E-state index contributed by atoms with van der Waals surface area (Å²) in [7, 11) is 0. The van der Waals surface area contributed by atoms with E-state index in [-0.39, 0.29) is 5.75 Å². The van der Waals surface area contributed by atoms with E-state index >= 15 is 0 Å². The summed E-state index contributed by atoms with van der Waals surface area (Å²) in [6, 6.07) is 7.23. The van der Waals surface area contributed by atoms with E-state index in [1.54, 1.807) is 12.1 Å². The third kappa shape index (κ3) is 3.28. The highest BCUT2D eigenvalue weighted by molar-refractivity contribution is 5.22. The second-order valence-electron chi connectivity index (χ2n) is 2.54. The van der Waals surface area contributed by atoms with Crippen LogP contribution in [0.15, 0.2) is 30.4 Å². The quantitative estimate of drug-likeness (QED) is 0.645. The van der Waals surface area contributed by atoms with Gasteiger partial charge in [-0.05, 0) is 12.5 Å². The molecule has 69 valence electrons. The molecule has 0 saturated carbocycles. The average molecular weight is 179 g/mol. The van der Waals surface area contributed by atoms with Gasteiger partial charge in [0.05, 0.1) is 0 Å². The van der Waals surface area contributed by atoms with Gasteiger partial charge in [0.25, 0.3) is 0 Å². The van der Waals surface area contributed by atoms with E-state index in [9.17, 15) is 4.39 Å². The van der Waals surface area contributed by atoms with E-state index in [4.69, 9.17) is 4.74 Å². The van der Waals surface area contributed by atoms with Crippen LogP contribution in [-0.2, 0) is 0 Å². The summed E-state index contributed by atoms with van der Waals surface area (Å²) in [5.41, 5.74) is 0. The molecule has 1 nitrogen and oxygen atoms in total. The minimum absolute atomic E-state index is 0.253. The zero-order valence-electron chi connectivity index (χ0n) is 7.59. The second kappa shape index (κ2) is 5.36. The summed E-state index contributed by atoms with van der Waals surface area (Å²) in [5.74, 6) is -0.185. The van der Waals surface area contributed by atoms with Gasteiger partial charge in [0, 0.05) is 6.07 Å². The van der Waals surface area contributed by atoms with Gasteiger partial charge >= 0.3 is 0 Å². The van der Waals surface area contributed by atoms with Crippen molar-refractivity contribution >= 4 is 0 Å². The Hall–Kier alpha value is -1.31. The van der Waals surface area contributed by atoms with Gasteiger partial charge in [-0.15, -0.1) is 0 Å². The molecular weight excluding hydrogens is 167 g/mol. The zero-order valence-corrected chi connectivity index (χ0v) is 7.59. The van der Waals surface area contributed by atoms with Gasteiger partial charge in [0.2, 0.25) is 0 Å². The molecule has 0 aliphatic rings. The molecule has 0 aliphatic heterocycles. The van der Waals surface area contributed by atoms with E-state index in [0.717, 1.165) is 6.42 Å². The molecule has 0 aromatic heterocycles. The third-order valence-corrected chi connectivity index (χ3v) is 1.51. The normalized spacial score (nSPS) is 10.6. The molecule has 0 aliphatic carbocycles. The number of benzene rings is 1. The van der Waals surface area contributed by atoms with Gasteiger partial charge in [-0.1, -0.05) is 31.2 Å². The van der Waals surface area contributed by atoms with Gasteiger partial charge in [-0.2, -0.15) is 0 Å². The van der Waals surface area contributed by atoms with Gasteiger partial charge in [-0.3, -0.25) is 0 Å². The van der Waals surface area contributed by atoms with Gasteiger partial charge < -0.3 is 4.74 Å². The van der Waals surface area contributed by atoms with Crippen LogP contribution in [0.4, 0.5) is 4.39 Å². The SMILES string of the molecule is CC/C=C/COc1ccc[c]c1F. The molecule has 0 amide bonds. The Kier molecular flexibility index (Phi) is 4.03. The number of halogens is 1. The van der Waals surface area contributed by atoms with Crippen LogP contribution in [-0.4, -0.2) is 6.61 Å². The number of allylic oxidation sites excluding steroid dienone is 1. The molecule has 0 N–H and O–H groups in total. The van der Waals surface area contributed by atoms with Gasteiger partial charge in [0.15, 0.2) is 11.6 Å². The topological polar surface area (TPSA) is 9.23 Å². The standard InChI is InChI=1S/C11H12FO/c1-2-3-6-9-13-11-8-5-4-7-10(11)12/h3-6,8H,2,9H2,1H3/b6-3+. The number of ether oxygens (including phenoxy) is 1. The first kappa shape index (κ1) is 9.78. The summed E-state index contributed by atoms with van der Waals surface area (Å²) in [6.45, 7) is 2.44. The molecule has 0 unspecified atom stereocenters. The summed E-state index contributed by atoms with van der Waals surface area (Å²) in [4.78, 5) is 0. The maximum atomic E-state index is 12.9. The summed E-state index contributed by atoms with van der Waals surface area (Å²) in [6.07, 6.45) is 4.81. The monoisotopic (exact) mass is 179 g/mol. The zero-order chi connectivity index (χ0) is 9.52. The molecule has 0 bridgehead atoms. The molecule has 0 saturated heterocycles. The van der Waals surface area contributed by atoms with Crippen LogP contribution in [0.2, 0.25) is 0 Å². The van der Waals surface area contributed by atoms with E-state index in [2.05, 4.69) is 6.07 Å². The lowest BCUT2D eigenvalue weighted by atomic mass is 10.3. The fourth-order valence-electron chi connectivity index (χ4n) is 0.885. The first-order valence-corrected chi connectivity index (χ1v) is 4.28. The van der Waals surface area contributed by atoms with Gasteiger partial charge in [0.1, 0.15) is 6.61 Å². The molecule has 1 rings (SSSR count). The average Bonchev–Trinajstić information content (AvgIpc) is 2.15. The smallest absolute Gasteiger partial charge is 0.172 e. The van der Waals surface area contributed by atoms with Crippen molar-refractivity contribution in [3.63, 3.8) is 0 Å². The van der Waals surface area contributed by atoms with Gasteiger partial charge in [-0.25, -0.2) is 4.39 Å². The van der Waals surface area contributed by atoms with Crippen LogP contribution >= 0.6 is 0 Å². The molecule has 0 fully saturated rings. The van der Waals surface area contributed by atoms with Crippen LogP contribution in [0.5, 0.6) is 5.75 Å². The van der Waals surface area contributed by atoms with Crippen molar-refractivity contribution in [1.82, 2.24) is 0 Å². The Morgan fingerprint density at radius 2 is 2.38 bits per heavy atom. The summed E-state index contributed by atoms with van der Waals surface area (Å²) < 4.78 is 18.0. The van der Waals surface area contributed by atoms with E-state index in [1.807, 2.05) is 19.1 Å². The maximum Gasteiger partial charge on any atom is 0.172 e. The van der Waals surface area contributed by atoms with Crippen molar-refractivity contribution in [2.75, 3.05) is 6.61 Å². The number of hydrogen-bond acceptors (Lipinski definition) is 1. The summed E-state index contributed by atoms with van der Waals surface area (Å²) in [5, 5.41) is 0. The molecule has 1 aromatic carbocycles. The molecule has 0 heterocycles. The predicted molar refractivity (Wildman–Crippen MR) is 50.2 cm³/mol. The van der Waals surface area contributed by atoms with E-state index < -0.39 is 5.82 Å².